The molecule has 1 aliphatic rings. The molecule has 1 aliphatic carbocycles. The molecule has 1 fully saturated rings. The summed E-state index contributed by atoms with van der Waals surface area (Å²) in [4.78, 5) is 0.426. The van der Waals surface area contributed by atoms with Gasteiger partial charge in [0, 0.05) is 17.5 Å². The molecule has 0 saturated heterocycles. The van der Waals surface area contributed by atoms with Gasteiger partial charge < -0.3 is 10.8 Å². The summed E-state index contributed by atoms with van der Waals surface area (Å²) in [5.41, 5.74) is 5.69. The Labute approximate surface area is 63.6 Å². The molecule has 0 aromatic heterocycles. The van der Waals surface area contributed by atoms with Crippen LogP contribution in [0.25, 0.3) is 0 Å². The third kappa shape index (κ3) is 1.66. The van der Waals surface area contributed by atoms with Crippen LogP contribution < -0.4 is 5.73 Å². The van der Waals surface area contributed by atoms with Crippen molar-refractivity contribution in [3.63, 3.8) is 0 Å². The summed E-state index contributed by atoms with van der Waals surface area (Å²) in [6.07, 6.45) is 1.99. The van der Waals surface area contributed by atoms with E-state index in [9.17, 15) is 0 Å². The van der Waals surface area contributed by atoms with Gasteiger partial charge in [-0.1, -0.05) is 15.9 Å². The highest BCUT2D eigenvalue weighted by atomic mass is 79.9. The predicted octanol–water partition coefficient (Wildman–Crippen LogP) is 0.479. The molecule has 54 valence electrons. The van der Waals surface area contributed by atoms with Gasteiger partial charge in [0.25, 0.3) is 0 Å². The Balaban J connectivity index is 2.35. The molecule has 2 nitrogen and oxygen atoms in total. The topological polar surface area (TPSA) is 46.2 Å². The summed E-state index contributed by atoms with van der Waals surface area (Å²) in [6.45, 7) is 0.288. The average Bonchev–Trinajstić information content (AvgIpc) is 2.13. The summed E-state index contributed by atoms with van der Waals surface area (Å²) in [7, 11) is 0. The molecular weight excluding hydrogens is 182 g/mol. The summed E-state index contributed by atoms with van der Waals surface area (Å²) in [5, 5.41) is 8.73. The van der Waals surface area contributed by atoms with Crippen LogP contribution in [0, 0.1) is 5.92 Å². The average molecular weight is 194 g/mol. The number of alkyl halides is 1. The summed E-state index contributed by atoms with van der Waals surface area (Å²) in [6, 6.07) is 0.252. The highest BCUT2D eigenvalue weighted by Gasteiger charge is 2.28. The number of aliphatic hydroxyl groups excluding tert-OH is 1. The second-order valence-electron chi connectivity index (χ2n) is 2.70. The molecule has 0 aliphatic heterocycles. The molecule has 0 aromatic rings. The Bertz CT molecular complexity index is 89.1. The van der Waals surface area contributed by atoms with E-state index in [4.69, 9.17) is 10.8 Å². The SMILES string of the molecule is NC1CC(CO)CC1Br. The Kier molecular flexibility index (Phi) is 2.50. The lowest BCUT2D eigenvalue weighted by molar-refractivity contribution is 0.229. The van der Waals surface area contributed by atoms with Crippen molar-refractivity contribution < 1.29 is 5.11 Å². The first-order chi connectivity index (χ1) is 4.24. The maximum atomic E-state index is 8.73. The van der Waals surface area contributed by atoms with Crippen LogP contribution in [0.2, 0.25) is 0 Å². The lowest BCUT2D eigenvalue weighted by atomic mass is 10.1. The van der Waals surface area contributed by atoms with E-state index >= 15 is 0 Å². The van der Waals surface area contributed by atoms with Gasteiger partial charge in [0.1, 0.15) is 0 Å². The third-order valence-electron chi connectivity index (χ3n) is 1.89. The maximum absolute atomic E-state index is 8.73. The third-order valence-corrected chi connectivity index (χ3v) is 2.94. The Morgan fingerprint density at radius 2 is 2.22 bits per heavy atom. The smallest absolute Gasteiger partial charge is 0.0460 e. The quantitative estimate of drug-likeness (QED) is 0.596. The van der Waals surface area contributed by atoms with Crippen molar-refractivity contribution in [2.75, 3.05) is 6.61 Å². The van der Waals surface area contributed by atoms with Gasteiger partial charge in [-0.25, -0.2) is 0 Å². The zero-order chi connectivity index (χ0) is 6.85. The molecule has 0 aromatic carbocycles. The molecule has 1 rings (SSSR count). The highest BCUT2D eigenvalue weighted by Crippen LogP contribution is 2.29. The number of halogens is 1. The molecule has 0 heterocycles. The lowest BCUT2D eigenvalue weighted by Crippen LogP contribution is -2.24. The monoisotopic (exact) mass is 193 g/mol. The highest BCUT2D eigenvalue weighted by molar-refractivity contribution is 9.09. The molecular formula is C6H12BrNO. The van der Waals surface area contributed by atoms with Crippen molar-refractivity contribution in [3.05, 3.63) is 0 Å². The van der Waals surface area contributed by atoms with Gasteiger partial charge in [-0.3, -0.25) is 0 Å². The van der Waals surface area contributed by atoms with E-state index in [2.05, 4.69) is 15.9 Å². The van der Waals surface area contributed by atoms with Gasteiger partial charge in [-0.05, 0) is 18.8 Å². The zero-order valence-electron chi connectivity index (χ0n) is 5.26. The van der Waals surface area contributed by atoms with E-state index in [-0.39, 0.29) is 12.6 Å². The predicted molar refractivity (Wildman–Crippen MR) is 40.5 cm³/mol. The zero-order valence-corrected chi connectivity index (χ0v) is 6.84. The first-order valence-corrected chi connectivity index (χ1v) is 4.16. The molecule has 3 atom stereocenters. The minimum absolute atomic E-state index is 0.252. The van der Waals surface area contributed by atoms with Crippen LogP contribution in [-0.4, -0.2) is 22.6 Å². The Hall–Kier alpha value is 0.400. The Morgan fingerprint density at radius 1 is 1.56 bits per heavy atom. The summed E-state index contributed by atoms with van der Waals surface area (Å²) < 4.78 is 0. The van der Waals surface area contributed by atoms with Crippen LogP contribution >= 0.6 is 15.9 Å². The summed E-state index contributed by atoms with van der Waals surface area (Å²) >= 11 is 3.45. The van der Waals surface area contributed by atoms with E-state index in [0.717, 1.165) is 12.8 Å². The van der Waals surface area contributed by atoms with Crippen LogP contribution in [0.4, 0.5) is 0 Å². The fraction of sp³-hybridized carbons (Fsp3) is 1.00. The van der Waals surface area contributed by atoms with Crippen LogP contribution in [0.3, 0.4) is 0 Å². The van der Waals surface area contributed by atoms with Crippen LogP contribution in [0.5, 0.6) is 0 Å². The first-order valence-electron chi connectivity index (χ1n) is 3.24. The van der Waals surface area contributed by atoms with E-state index in [1.807, 2.05) is 0 Å². The number of aliphatic hydroxyl groups is 1. The van der Waals surface area contributed by atoms with E-state index in [1.54, 1.807) is 0 Å². The second-order valence-corrected chi connectivity index (χ2v) is 3.88. The number of hydrogen-bond donors (Lipinski definition) is 2. The van der Waals surface area contributed by atoms with E-state index in [0.29, 0.717) is 10.7 Å². The van der Waals surface area contributed by atoms with Gasteiger partial charge in [0.2, 0.25) is 0 Å². The normalized spacial score (nSPS) is 43.7. The van der Waals surface area contributed by atoms with Gasteiger partial charge in [-0.15, -0.1) is 0 Å². The molecule has 0 amide bonds. The Morgan fingerprint density at radius 3 is 2.44 bits per heavy atom. The molecule has 9 heavy (non-hydrogen) atoms. The minimum Gasteiger partial charge on any atom is -0.396 e. The fourth-order valence-corrected chi connectivity index (χ4v) is 2.02. The standard InChI is InChI=1S/C6H12BrNO/c7-5-1-4(3-9)2-6(5)8/h4-6,9H,1-3,8H2. The van der Waals surface area contributed by atoms with E-state index in [1.165, 1.54) is 0 Å². The maximum Gasteiger partial charge on any atom is 0.0460 e. The van der Waals surface area contributed by atoms with E-state index < -0.39 is 0 Å². The van der Waals surface area contributed by atoms with Gasteiger partial charge in [0.05, 0.1) is 0 Å². The molecule has 3 unspecified atom stereocenters. The van der Waals surface area contributed by atoms with Crippen molar-refractivity contribution in [1.82, 2.24) is 0 Å². The molecule has 3 heteroatoms. The molecule has 1 saturated carbocycles. The van der Waals surface area contributed by atoms with Crippen molar-refractivity contribution in [2.24, 2.45) is 11.7 Å². The number of nitrogens with two attached hydrogens (primary N) is 1. The number of rotatable bonds is 1. The fourth-order valence-electron chi connectivity index (χ4n) is 1.27. The molecule has 3 N–H and O–H groups in total. The van der Waals surface area contributed by atoms with Crippen molar-refractivity contribution in [2.45, 2.75) is 23.7 Å². The van der Waals surface area contributed by atoms with Crippen molar-refractivity contribution in [1.29, 1.82) is 0 Å². The van der Waals surface area contributed by atoms with Gasteiger partial charge in [0.15, 0.2) is 0 Å². The minimum atomic E-state index is 0.252. The lowest BCUT2D eigenvalue weighted by Gasteiger charge is -2.03. The molecule has 0 radical (unpaired) electrons. The number of hydrogen-bond acceptors (Lipinski definition) is 2. The summed E-state index contributed by atoms with van der Waals surface area (Å²) in [5.74, 6) is 0.435. The largest absolute Gasteiger partial charge is 0.396 e. The van der Waals surface area contributed by atoms with Crippen molar-refractivity contribution in [3.8, 4) is 0 Å². The van der Waals surface area contributed by atoms with Crippen LogP contribution in [0.15, 0.2) is 0 Å². The van der Waals surface area contributed by atoms with Gasteiger partial charge >= 0.3 is 0 Å². The van der Waals surface area contributed by atoms with Gasteiger partial charge in [-0.2, -0.15) is 0 Å². The molecule has 0 bridgehead atoms. The van der Waals surface area contributed by atoms with Crippen LogP contribution in [-0.2, 0) is 0 Å². The van der Waals surface area contributed by atoms with Crippen molar-refractivity contribution >= 4 is 15.9 Å². The van der Waals surface area contributed by atoms with Crippen LogP contribution in [0.1, 0.15) is 12.8 Å². The first kappa shape index (κ1) is 7.51. The second kappa shape index (κ2) is 2.99. The molecule has 0 spiro atoms.